The SMILES string of the molecule is N[C@@H](COP(=O)(O)OC[C@H]1OCCC[C@H]1OC(=O)CCc1ccccc1OCc1cccc(Oc2ccc(Cl)cc2)c1)C(=O)O. The second-order valence-corrected chi connectivity index (χ2v) is 12.1. The van der Waals surface area contributed by atoms with Crippen LogP contribution in [0.25, 0.3) is 0 Å². The van der Waals surface area contributed by atoms with Crippen molar-refractivity contribution in [2.24, 2.45) is 5.73 Å². The summed E-state index contributed by atoms with van der Waals surface area (Å²) in [6, 6.07) is 20.5. The summed E-state index contributed by atoms with van der Waals surface area (Å²) in [7, 11) is -4.61. The van der Waals surface area contributed by atoms with Gasteiger partial charge in [-0.2, -0.15) is 0 Å². The first-order valence-electron chi connectivity index (χ1n) is 14.2. The van der Waals surface area contributed by atoms with Crippen LogP contribution in [-0.2, 0) is 45.7 Å². The van der Waals surface area contributed by atoms with Crippen molar-refractivity contribution in [3.63, 3.8) is 0 Å². The first-order valence-corrected chi connectivity index (χ1v) is 16.1. The van der Waals surface area contributed by atoms with Crippen molar-refractivity contribution in [3.05, 3.63) is 88.9 Å². The highest BCUT2D eigenvalue weighted by Gasteiger charge is 2.33. The van der Waals surface area contributed by atoms with E-state index in [0.717, 1.165) is 11.1 Å². The molecule has 3 aromatic carbocycles. The van der Waals surface area contributed by atoms with Gasteiger partial charge in [-0.05, 0) is 72.9 Å². The highest BCUT2D eigenvalue weighted by Crippen LogP contribution is 2.43. The number of ether oxygens (including phenoxy) is 4. The van der Waals surface area contributed by atoms with Crippen LogP contribution in [-0.4, -0.2) is 60.0 Å². The van der Waals surface area contributed by atoms with Gasteiger partial charge < -0.3 is 34.7 Å². The molecule has 1 fully saturated rings. The van der Waals surface area contributed by atoms with E-state index in [1.807, 2.05) is 48.5 Å². The minimum absolute atomic E-state index is 0.0591. The molecule has 1 saturated heterocycles. The lowest BCUT2D eigenvalue weighted by molar-refractivity contribution is -0.166. The van der Waals surface area contributed by atoms with E-state index in [4.69, 9.17) is 45.9 Å². The third-order valence-electron chi connectivity index (χ3n) is 6.71. The van der Waals surface area contributed by atoms with E-state index >= 15 is 0 Å². The molecule has 4 rings (SSSR count). The summed E-state index contributed by atoms with van der Waals surface area (Å²) in [6.45, 7) is -0.496. The molecule has 3 aromatic rings. The molecular formula is C31H35ClNO11P. The molecular weight excluding hydrogens is 629 g/mol. The number of esters is 1. The fourth-order valence-electron chi connectivity index (χ4n) is 4.37. The Morgan fingerprint density at radius 3 is 2.60 bits per heavy atom. The molecule has 1 aliphatic heterocycles. The van der Waals surface area contributed by atoms with Gasteiger partial charge >= 0.3 is 19.8 Å². The van der Waals surface area contributed by atoms with Crippen LogP contribution in [0.5, 0.6) is 17.2 Å². The zero-order valence-corrected chi connectivity index (χ0v) is 25.9. The molecule has 1 heterocycles. The maximum Gasteiger partial charge on any atom is 0.472 e. The molecule has 242 valence electrons. The largest absolute Gasteiger partial charge is 0.489 e. The molecule has 0 amide bonds. The lowest BCUT2D eigenvalue weighted by Gasteiger charge is -2.31. The number of nitrogens with two attached hydrogens (primary N) is 1. The smallest absolute Gasteiger partial charge is 0.472 e. The van der Waals surface area contributed by atoms with Crippen LogP contribution in [0.3, 0.4) is 0 Å². The number of hydrogen-bond donors (Lipinski definition) is 3. The number of phosphoric ester groups is 1. The number of aliphatic carboxylic acids is 1. The summed E-state index contributed by atoms with van der Waals surface area (Å²) >= 11 is 5.95. The van der Waals surface area contributed by atoms with Gasteiger partial charge in [0.25, 0.3) is 0 Å². The molecule has 0 aliphatic carbocycles. The number of carbonyl (C=O) groups is 2. The first-order chi connectivity index (χ1) is 21.6. The van der Waals surface area contributed by atoms with Gasteiger partial charge in [0.2, 0.25) is 0 Å². The fourth-order valence-corrected chi connectivity index (χ4v) is 5.25. The van der Waals surface area contributed by atoms with Crippen LogP contribution in [0.2, 0.25) is 5.02 Å². The number of para-hydroxylation sites is 1. The predicted octanol–water partition coefficient (Wildman–Crippen LogP) is 5.28. The summed E-state index contributed by atoms with van der Waals surface area (Å²) in [4.78, 5) is 33.4. The molecule has 0 aromatic heterocycles. The molecule has 0 saturated carbocycles. The van der Waals surface area contributed by atoms with Gasteiger partial charge in [0.05, 0.1) is 13.2 Å². The van der Waals surface area contributed by atoms with Gasteiger partial charge in [-0.15, -0.1) is 0 Å². The lowest BCUT2D eigenvalue weighted by Crippen LogP contribution is -2.40. The number of benzene rings is 3. The minimum Gasteiger partial charge on any atom is -0.489 e. The van der Waals surface area contributed by atoms with Gasteiger partial charge in [-0.3, -0.25) is 18.6 Å². The molecule has 4 atom stereocenters. The third-order valence-corrected chi connectivity index (χ3v) is 7.91. The van der Waals surface area contributed by atoms with E-state index in [2.05, 4.69) is 4.52 Å². The van der Waals surface area contributed by atoms with E-state index < -0.39 is 51.2 Å². The number of phosphoric acid groups is 1. The van der Waals surface area contributed by atoms with Crippen LogP contribution < -0.4 is 15.2 Å². The summed E-state index contributed by atoms with van der Waals surface area (Å²) in [6.07, 6.45) is -0.00825. The zero-order valence-electron chi connectivity index (χ0n) is 24.3. The highest BCUT2D eigenvalue weighted by atomic mass is 35.5. The molecule has 0 radical (unpaired) electrons. The Labute approximate surface area is 265 Å². The van der Waals surface area contributed by atoms with E-state index in [0.29, 0.717) is 48.1 Å². The van der Waals surface area contributed by atoms with E-state index in [1.54, 1.807) is 24.3 Å². The Morgan fingerprint density at radius 1 is 1.04 bits per heavy atom. The Bertz CT molecular complexity index is 1470. The fraction of sp³-hybridized carbons (Fsp3) is 0.355. The predicted molar refractivity (Wildman–Crippen MR) is 163 cm³/mol. The zero-order chi connectivity index (χ0) is 32.2. The highest BCUT2D eigenvalue weighted by molar-refractivity contribution is 7.47. The summed E-state index contributed by atoms with van der Waals surface area (Å²) < 4.78 is 45.0. The van der Waals surface area contributed by atoms with Crippen molar-refractivity contribution in [1.29, 1.82) is 0 Å². The van der Waals surface area contributed by atoms with E-state index in [1.165, 1.54) is 0 Å². The lowest BCUT2D eigenvalue weighted by atomic mass is 10.1. The standard InChI is InChI=1S/C31H35ClNO11P/c32-23-11-13-24(14-12-23)43-25-7-3-5-21(17-25)18-40-27-8-2-1-6-22(27)10-15-30(34)44-28-9-4-16-39-29(28)20-42-45(37,38)41-19-26(33)31(35)36/h1-3,5-8,11-14,17,26,28-29H,4,9-10,15-16,18-20,33H2,(H,35,36)(H,37,38)/t26-,28+,29+/m0/s1. The Balaban J connectivity index is 1.26. The number of hydrogen-bond acceptors (Lipinski definition) is 10. The van der Waals surface area contributed by atoms with Gasteiger partial charge in [0.1, 0.15) is 42.1 Å². The van der Waals surface area contributed by atoms with E-state index in [-0.39, 0.29) is 13.0 Å². The maximum atomic E-state index is 12.8. The molecule has 45 heavy (non-hydrogen) atoms. The molecule has 0 bridgehead atoms. The molecule has 0 spiro atoms. The van der Waals surface area contributed by atoms with Crippen LogP contribution in [0.4, 0.5) is 0 Å². The second kappa shape index (κ2) is 16.7. The summed E-state index contributed by atoms with van der Waals surface area (Å²) in [5.74, 6) is 0.0736. The van der Waals surface area contributed by atoms with Crippen molar-refractivity contribution in [2.45, 2.75) is 50.5 Å². The van der Waals surface area contributed by atoms with Crippen LogP contribution in [0.1, 0.15) is 30.4 Å². The summed E-state index contributed by atoms with van der Waals surface area (Å²) in [5, 5.41) is 9.42. The molecule has 1 aliphatic rings. The Kier molecular flexibility index (Phi) is 12.8. The van der Waals surface area contributed by atoms with Gasteiger partial charge in [-0.25, -0.2) is 4.57 Å². The second-order valence-electron chi connectivity index (χ2n) is 10.2. The van der Waals surface area contributed by atoms with Gasteiger partial charge in [0, 0.05) is 18.1 Å². The average Bonchev–Trinajstić information content (AvgIpc) is 3.03. The first kappa shape index (κ1) is 34.4. The normalized spacial score (nSPS) is 18.4. The van der Waals surface area contributed by atoms with Crippen LogP contribution >= 0.6 is 19.4 Å². The average molecular weight is 664 g/mol. The quantitative estimate of drug-likeness (QED) is 0.134. The summed E-state index contributed by atoms with van der Waals surface area (Å²) in [5.41, 5.74) is 7.00. The molecule has 1 unspecified atom stereocenters. The minimum atomic E-state index is -4.61. The monoisotopic (exact) mass is 663 g/mol. The number of halogens is 1. The molecule has 12 nitrogen and oxygen atoms in total. The van der Waals surface area contributed by atoms with Gasteiger partial charge in [0.15, 0.2) is 0 Å². The van der Waals surface area contributed by atoms with Gasteiger partial charge in [-0.1, -0.05) is 41.9 Å². The van der Waals surface area contributed by atoms with E-state index in [9.17, 15) is 19.0 Å². The number of carboxylic acid groups (broad SMARTS) is 1. The molecule has 4 N–H and O–H groups in total. The van der Waals surface area contributed by atoms with Crippen molar-refractivity contribution in [2.75, 3.05) is 19.8 Å². The number of aryl methyl sites for hydroxylation is 1. The topological polar surface area (TPSA) is 173 Å². The van der Waals surface area contributed by atoms with Crippen molar-refractivity contribution in [3.8, 4) is 17.2 Å². The maximum absolute atomic E-state index is 12.8. The third kappa shape index (κ3) is 11.4. The van der Waals surface area contributed by atoms with Crippen LogP contribution in [0.15, 0.2) is 72.8 Å². The number of carbonyl (C=O) groups excluding carboxylic acids is 1. The van der Waals surface area contributed by atoms with Crippen molar-refractivity contribution in [1.82, 2.24) is 0 Å². The number of carboxylic acids is 1. The number of rotatable bonds is 16. The van der Waals surface area contributed by atoms with Crippen molar-refractivity contribution >= 4 is 31.4 Å². The van der Waals surface area contributed by atoms with Crippen LogP contribution in [0, 0.1) is 0 Å². The van der Waals surface area contributed by atoms with Crippen molar-refractivity contribution < 1.29 is 52.1 Å². The molecule has 14 heteroatoms. The Hall–Kier alpha value is -3.48. The Morgan fingerprint density at radius 2 is 1.82 bits per heavy atom.